The molecule has 0 saturated heterocycles. The predicted octanol–water partition coefficient (Wildman–Crippen LogP) is 3.61. The van der Waals surface area contributed by atoms with E-state index in [2.05, 4.69) is 46.0 Å². The molecule has 0 saturated carbocycles. The van der Waals surface area contributed by atoms with E-state index in [1.165, 1.54) is 18.4 Å². The highest BCUT2D eigenvalue weighted by Crippen LogP contribution is 2.09. The van der Waals surface area contributed by atoms with Crippen molar-refractivity contribution in [1.29, 1.82) is 0 Å². The third-order valence-electron chi connectivity index (χ3n) is 2.10. The van der Waals surface area contributed by atoms with Gasteiger partial charge in [0.25, 0.3) is 0 Å². The van der Waals surface area contributed by atoms with Gasteiger partial charge in [0.05, 0.1) is 0 Å². The first-order valence-electron chi connectivity index (χ1n) is 5.88. The molecule has 0 spiro atoms. The molecule has 0 radical (unpaired) electrons. The van der Waals surface area contributed by atoms with Gasteiger partial charge in [0.2, 0.25) is 0 Å². The summed E-state index contributed by atoms with van der Waals surface area (Å²) in [6.45, 7) is 13.5. The van der Waals surface area contributed by atoms with Crippen LogP contribution in [0, 0.1) is 11.8 Å². The largest absolute Gasteiger partial charge is 0.316 e. The van der Waals surface area contributed by atoms with Gasteiger partial charge >= 0.3 is 0 Å². The van der Waals surface area contributed by atoms with Gasteiger partial charge in [0.1, 0.15) is 0 Å². The van der Waals surface area contributed by atoms with Crippen LogP contribution >= 0.6 is 0 Å². The molecular weight excluding hydrogens is 170 g/mol. The molecule has 0 rings (SSSR count). The van der Waals surface area contributed by atoms with Crippen molar-refractivity contribution in [3.05, 3.63) is 11.6 Å². The van der Waals surface area contributed by atoms with E-state index in [-0.39, 0.29) is 0 Å². The Hall–Kier alpha value is -0.300. The molecule has 0 aromatic rings. The van der Waals surface area contributed by atoms with Crippen molar-refractivity contribution >= 4 is 0 Å². The molecule has 1 N–H and O–H groups in total. The summed E-state index contributed by atoms with van der Waals surface area (Å²) < 4.78 is 0. The number of hydrogen-bond donors (Lipinski definition) is 1. The highest BCUT2D eigenvalue weighted by atomic mass is 14.8. The lowest BCUT2D eigenvalue weighted by molar-refractivity contribution is 0.555. The van der Waals surface area contributed by atoms with Gasteiger partial charge in [-0.3, -0.25) is 0 Å². The van der Waals surface area contributed by atoms with Gasteiger partial charge in [-0.25, -0.2) is 0 Å². The smallest absolute Gasteiger partial charge is 0.00141 e. The van der Waals surface area contributed by atoms with Gasteiger partial charge in [0.15, 0.2) is 0 Å². The lowest BCUT2D eigenvalue weighted by atomic mass is 10.0. The zero-order valence-electron chi connectivity index (χ0n) is 10.6. The normalized spacial score (nSPS) is 12.9. The van der Waals surface area contributed by atoms with Crippen LogP contribution in [0.1, 0.15) is 47.5 Å². The maximum Gasteiger partial charge on any atom is -0.00141 e. The van der Waals surface area contributed by atoms with Crippen LogP contribution in [0.5, 0.6) is 0 Å². The van der Waals surface area contributed by atoms with Crippen molar-refractivity contribution in [2.75, 3.05) is 13.1 Å². The number of rotatable bonds is 7. The zero-order valence-corrected chi connectivity index (χ0v) is 10.6. The Morgan fingerprint density at radius 1 is 1.14 bits per heavy atom. The molecule has 14 heavy (non-hydrogen) atoms. The van der Waals surface area contributed by atoms with Crippen LogP contribution in [0.2, 0.25) is 0 Å². The standard InChI is InChI=1S/C13H27N/c1-11(2)9-13(5)7-6-8-14-10-12(3)4/h7,11-12,14H,6,8-10H2,1-5H3. The Bertz CT molecular complexity index is 157. The Morgan fingerprint density at radius 2 is 1.79 bits per heavy atom. The van der Waals surface area contributed by atoms with E-state index >= 15 is 0 Å². The monoisotopic (exact) mass is 197 g/mol. The van der Waals surface area contributed by atoms with Crippen LogP contribution in [0.15, 0.2) is 11.6 Å². The molecule has 0 heterocycles. The number of hydrogen-bond acceptors (Lipinski definition) is 1. The molecule has 0 unspecified atom stereocenters. The van der Waals surface area contributed by atoms with E-state index in [0.717, 1.165) is 24.9 Å². The van der Waals surface area contributed by atoms with Crippen LogP contribution in [0.25, 0.3) is 0 Å². The summed E-state index contributed by atoms with van der Waals surface area (Å²) in [7, 11) is 0. The minimum Gasteiger partial charge on any atom is -0.316 e. The van der Waals surface area contributed by atoms with E-state index in [4.69, 9.17) is 0 Å². The van der Waals surface area contributed by atoms with E-state index in [9.17, 15) is 0 Å². The Kier molecular flexibility index (Phi) is 7.87. The quantitative estimate of drug-likeness (QED) is 0.485. The Labute approximate surface area is 90.0 Å². The first kappa shape index (κ1) is 13.7. The topological polar surface area (TPSA) is 12.0 Å². The zero-order chi connectivity index (χ0) is 11.0. The van der Waals surface area contributed by atoms with Crippen molar-refractivity contribution in [3.8, 4) is 0 Å². The predicted molar refractivity (Wildman–Crippen MR) is 65.5 cm³/mol. The third kappa shape index (κ3) is 9.79. The van der Waals surface area contributed by atoms with Crippen LogP contribution in [0.3, 0.4) is 0 Å². The number of nitrogens with one attached hydrogen (secondary N) is 1. The van der Waals surface area contributed by atoms with Crippen LogP contribution < -0.4 is 5.32 Å². The van der Waals surface area contributed by atoms with Crippen molar-refractivity contribution in [2.45, 2.75) is 47.5 Å². The van der Waals surface area contributed by atoms with Crippen LogP contribution in [-0.4, -0.2) is 13.1 Å². The first-order valence-corrected chi connectivity index (χ1v) is 5.88. The minimum atomic E-state index is 0.760. The van der Waals surface area contributed by atoms with Crippen molar-refractivity contribution < 1.29 is 0 Å². The van der Waals surface area contributed by atoms with Gasteiger partial charge in [-0.1, -0.05) is 39.3 Å². The molecule has 84 valence electrons. The molecule has 0 aromatic carbocycles. The molecule has 0 aliphatic rings. The Balaban J connectivity index is 3.41. The average Bonchev–Trinajstić information content (AvgIpc) is 2.01. The molecule has 1 nitrogen and oxygen atoms in total. The fraction of sp³-hybridized carbons (Fsp3) is 0.846. The van der Waals surface area contributed by atoms with E-state index in [1.807, 2.05) is 0 Å². The van der Waals surface area contributed by atoms with E-state index in [1.54, 1.807) is 0 Å². The van der Waals surface area contributed by atoms with Crippen molar-refractivity contribution in [2.24, 2.45) is 11.8 Å². The van der Waals surface area contributed by atoms with Crippen molar-refractivity contribution in [1.82, 2.24) is 5.32 Å². The molecule has 0 amide bonds. The summed E-state index contributed by atoms with van der Waals surface area (Å²) in [6.07, 6.45) is 4.78. The molecule has 1 heteroatoms. The van der Waals surface area contributed by atoms with Gasteiger partial charge in [-0.05, 0) is 44.7 Å². The number of allylic oxidation sites excluding steroid dienone is 1. The maximum atomic E-state index is 3.45. The average molecular weight is 197 g/mol. The highest BCUT2D eigenvalue weighted by molar-refractivity contribution is 4.98. The molecule has 0 aliphatic heterocycles. The maximum absolute atomic E-state index is 3.45. The van der Waals surface area contributed by atoms with E-state index in [0.29, 0.717) is 0 Å². The fourth-order valence-corrected chi connectivity index (χ4v) is 1.54. The molecule has 0 atom stereocenters. The third-order valence-corrected chi connectivity index (χ3v) is 2.10. The van der Waals surface area contributed by atoms with Crippen molar-refractivity contribution in [3.63, 3.8) is 0 Å². The van der Waals surface area contributed by atoms with Gasteiger partial charge in [-0.2, -0.15) is 0 Å². The lowest BCUT2D eigenvalue weighted by Gasteiger charge is -2.07. The van der Waals surface area contributed by atoms with E-state index < -0.39 is 0 Å². The fourth-order valence-electron chi connectivity index (χ4n) is 1.54. The Morgan fingerprint density at radius 3 is 2.29 bits per heavy atom. The van der Waals surface area contributed by atoms with Gasteiger partial charge in [-0.15, -0.1) is 0 Å². The molecule has 0 aliphatic carbocycles. The SMILES string of the molecule is CC(=CCCNCC(C)C)CC(C)C. The second-order valence-electron chi connectivity index (χ2n) is 5.04. The summed E-state index contributed by atoms with van der Waals surface area (Å²) in [5, 5.41) is 3.45. The summed E-state index contributed by atoms with van der Waals surface area (Å²) in [6, 6.07) is 0. The molecule has 0 aromatic heterocycles. The molecule has 0 fully saturated rings. The first-order chi connectivity index (χ1) is 6.52. The second kappa shape index (κ2) is 8.05. The summed E-state index contributed by atoms with van der Waals surface area (Å²) in [5.74, 6) is 1.55. The summed E-state index contributed by atoms with van der Waals surface area (Å²) >= 11 is 0. The molecular formula is C13H27N. The summed E-state index contributed by atoms with van der Waals surface area (Å²) in [4.78, 5) is 0. The lowest BCUT2D eigenvalue weighted by Crippen LogP contribution is -2.20. The van der Waals surface area contributed by atoms with Gasteiger partial charge in [0, 0.05) is 0 Å². The second-order valence-corrected chi connectivity index (χ2v) is 5.04. The molecule has 0 bridgehead atoms. The highest BCUT2D eigenvalue weighted by Gasteiger charge is 1.95. The summed E-state index contributed by atoms with van der Waals surface area (Å²) in [5.41, 5.74) is 1.53. The van der Waals surface area contributed by atoms with Gasteiger partial charge < -0.3 is 5.32 Å². The van der Waals surface area contributed by atoms with Crippen LogP contribution in [-0.2, 0) is 0 Å². The minimum absolute atomic E-state index is 0.760. The van der Waals surface area contributed by atoms with Crippen LogP contribution in [0.4, 0.5) is 0 Å².